The lowest BCUT2D eigenvalue weighted by Crippen LogP contribution is -2.54. The highest BCUT2D eigenvalue weighted by molar-refractivity contribution is 6.10. The number of benzene rings is 1. The number of carbonyl (C=O) groups excluding carboxylic acids is 3. The first-order valence-electron chi connectivity index (χ1n) is 11.9. The minimum Gasteiger partial charge on any atom is -0.490 e. The number of nitrogens with one attached hydrogen (secondary N) is 2. The lowest BCUT2D eigenvalue weighted by atomic mass is 9.64. The second kappa shape index (κ2) is 10.0. The van der Waals surface area contributed by atoms with Gasteiger partial charge < -0.3 is 20.1 Å². The van der Waals surface area contributed by atoms with E-state index in [1.54, 1.807) is 18.2 Å². The first-order valence-corrected chi connectivity index (χ1v) is 11.9. The van der Waals surface area contributed by atoms with Crippen molar-refractivity contribution in [1.82, 2.24) is 10.2 Å². The molecule has 0 aromatic heterocycles. The van der Waals surface area contributed by atoms with E-state index in [4.69, 9.17) is 9.47 Å². The number of nitrogens with zero attached hydrogens (tertiary/aromatic N) is 1. The summed E-state index contributed by atoms with van der Waals surface area (Å²) in [6, 6.07) is 4.68. The van der Waals surface area contributed by atoms with Crippen molar-refractivity contribution in [1.29, 1.82) is 0 Å². The highest BCUT2D eigenvalue weighted by atomic mass is 16.5. The van der Waals surface area contributed by atoms with Gasteiger partial charge in [-0.2, -0.15) is 0 Å². The SMILES string of the molecule is CCCOc1ccc(NC(=O)CN2C(=O)NC3(CC(C)CC(C)(C)C3)C2=O)cc1OCCC. The van der Waals surface area contributed by atoms with E-state index >= 15 is 0 Å². The molecule has 2 atom stereocenters. The number of hydrogen-bond donors (Lipinski definition) is 2. The van der Waals surface area contributed by atoms with Crippen LogP contribution in [0.3, 0.4) is 0 Å². The number of ether oxygens (including phenoxy) is 2. The molecule has 1 aliphatic carbocycles. The van der Waals surface area contributed by atoms with Gasteiger partial charge in [0, 0.05) is 11.8 Å². The van der Waals surface area contributed by atoms with Crippen LogP contribution in [0.2, 0.25) is 0 Å². The normalized spacial score (nSPS) is 24.0. The van der Waals surface area contributed by atoms with Crippen LogP contribution >= 0.6 is 0 Å². The van der Waals surface area contributed by atoms with Gasteiger partial charge in [-0.25, -0.2) is 4.79 Å². The Balaban J connectivity index is 1.69. The molecule has 8 heteroatoms. The van der Waals surface area contributed by atoms with E-state index in [-0.39, 0.29) is 17.9 Å². The Morgan fingerprint density at radius 1 is 1.12 bits per heavy atom. The fraction of sp³-hybridized carbons (Fsp3) is 0.640. The summed E-state index contributed by atoms with van der Waals surface area (Å²) in [5.41, 5.74) is -0.461. The van der Waals surface area contributed by atoms with Gasteiger partial charge >= 0.3 is 6.03 Å². The van der Waals surface area contributed by atoms with Gasteiger partial charge in [-0.15, -0.1) is 0 Å². The second-order valence-electron chi connectivity index (χ2n) is 10.2. The van der Waals surface area contributed by atoms with E-state index in [9.17, 15) is 14.4 Å². The Bertz CT molecular complexity index is 900. The molecule has 2 fully saturated rings. The molecule has 2 aliphatic rings. The van der Waals surface area contributed by atoms with E-state index in [1.807, 2.05) is 13.8 Å². The zero-order valence-electron chi connectivity index (χ0n) is 20.5. The summed E-state index contributed by atoms with van der Waals surface area (Å²) in [6.07, 6.45) is 3.88. The van der Waals surface area contributed by atoms with Gasteiger partial charge in [0.05, 0.1) is 13.2 Å². The van der Waals surface area contributed by atoms with Crippen LogP contribution in [0.5, 0.6) is 11.5 Å². The van der Waals surface area contributed by atoms with Crippen LogP contribution in [0.15, 0.2) is 18.2 Å². The number of amides is 4. The van der Waals surface area contributed by atoms with E-state index < -0.39 is 17.5 Å². The first kappa shape index (κ1) is 24.9. The predicted molar refractivity (Wildman–Crippen MR) is 126 cm³/mol. The maximum absolute atomic E-state index is 13.3. The Labute approximate surface area is 196 Å². The summed E-state index contributed by atoms with van der Waals surface area (Å²) in [4.78, 5) is 39.7. The van der Waals surface area contributed by atoms with Gasteiger partial charge in [-0.05, 0) is 55.6 Å². The van der Waals surface area contributed by atoms with Gasteiger partial charge in [0.25, 0.3) is 5.91 Å². The lowest BCUT2D eigenvalue weighted by Gasteiger charge is -2.43. The molecule has 1 aromatic carbocycles. The molecule has 1 spiro atoms. The van der Waals surface area contributed by atoms with Crippen molar-refractivity contribution in [3.63, 3.8) is 0 Å². The van der Waals surface area contributed by atoms with E-state index in [0.29, 0.717) is 49.2 Å². The molecule has 2 N–H and O–H groups in total. The smallest absolute Gasteiger partial charge is 0.325 e. The highest BCUT2D eigenvalue weighted by Crippen LogP contribution is 2.46. The molecular weight excluding hydrogens is 422 g/mol. The molecular formula is C25H37N3O5. The van der Waals surface area contributed by atoms with Crippen LogP contribution in [0.4, 0.5) is 10.5 Å². The predicted octanol–water partition coefficient (Wildman–Crippen LogP) is 4.34. The Morgan fingerprint density at radius 2 is 1.79 bits per heavy atom. The number of anilines is 1. The minimum absolute atomic E-state index is 0.0602. The Morgan fingerprint density at radius 3 is 2.42 bits per heavy atom. The monoisotopic (exact) mass is 459 g/mol. The van der Waals surface area contributed by atoms with Crippen molar-refractivity contribution in [3.05, 3.63) is 18.2 Å². The van der Waals surface area contributed by atoms with E-state index in [2.05, 4.69) is 31.4 Å². The lowest BCUT2D eigenvalue weighted by molar-refractivity contribution is -0.136. The average molecular weight is 460 g/mol. The molecule has 8 nitrogen and oxygen atoms in total. The summed E-state index contributed by atoms with van der Waals surface area (Å²) in [5.74, 6) is 0.727. The maximum atomic E-state index is 13.3. The van der Waals surface area contributed by atoms with Gasteiger partial charge in [0.2, 0.25) is 5.91 Å². The first-order chi connectivity index (χ1) is 15.6. The molecule has 182 valence electrons. The molecule has 4 amide bonds. The third kappa shape index (κ3) is 5.78. The molecule has 33 heavy (non-hydrogen) atoms. The molecule has 3 rings (SSSR count). The zero-order valence-corrected chi connectivity index (χ0v) is 20.5. The van der Waals surface area contributed by atoms with Crippen LogP contribution in [-0.4, -0.2) is 48.0 Å². The van der Waals surface area contributed by atoms with Gasteiger partial charge in [0.15, 0.2) is 11.5 Å². The van der Waals surface area contributed by atoms with Crippen molar-refractivity contribution >= 4 is 23.5 Å². The molecule has 2 unspecified atom stereocenters. The standard InChI is InChI=1S/C25H37N3O5/c1-6-10-32-19-9-8-18(12-20(19)33-11-7-2)26-21(29)15-28-22(30)25(27-23(28)31)14-17(3)13-24(4,5)16-25/h8-9,12,17H,6-7,10-11,13-16H2,1-5H3,(H,26,29)(H,27,31). The van der Waals surface area contributed by atoms with E-state index in [0.717, 1.165) is 24.2 Å². The Hall–Kier alpha value is -2.77. The third-order valence-electron chi connectivity index (χ3n) is 6.08. The minimum atomic E-state index is -0.919. The maximum Gasteiger partial charge on any atom is 0.325 e. The van der Waals surface area contributed by atoms with Crippen LogP contribution < -0.4 is 20.1 Å². The number of urea groups is 1. The fourth-order valence-corrected chi connectivity index (χ4v) is 5.24. The van der Waals surface area contributed by atoms with Crippen LogP contribution in [0.25, 0.3) is 0 Å². The van der Waals surface area contributed by atoms with Crippen molar-refractivity contribution in [2.75, 3.05) is 25.1 Å². The fourth-order valence-electron chi connectivity index (χ4n) is 5.24. The zero-order chi connectivity index (χ0) is 24.2. The summed E-state index contributed by atoms with van der Waals surface area (Å²) < 4.78 is 11.5. The number of hydrogen-bond acceptors (Lipinski definition) is 5. The quantitative estimate of drug-likeness (QED) is 0.536. The van der Waals surface area contributed by atoms with Crippen LogP contribution in [0, 0.1) is 11.3 Å². The van der Waals surface area contributed by atoms with Crippen molar-refractivity contribution in [3.8, 4) is 11.5 Å². The van der Waals surface area contributed by atoms with Crippen LogP contribution in [-0.2, 0) is 9.59 Å². The number of imide groups is 1. The van der Waals surface area contributed by atoms with Gasteiger partial charge in [-0.1, -0.05) is 34.6 Å². The third-order valence-corrected chi connectivity index (χ3v) is 6.08. The molecule has 1 saturated carbocycles. The van der Waals surface area contributed by atoms with Crippen molar-refractivity contribution in [2.24, 2.45) is 11.3 Å². The molecule has 1 saturated heterocycles. The van der Waals surface area contributed by atoms with Gasteiger partial charge in [0.1, 0.15) is 12.1 Å². The molecule has 0 bridgehead atoms. The van der Waals surface area contributed by atoms with E-state index in [1.165, 1.54) is 0 Å². The second-order valence-corrected chi connectivity index (χ2v) is 10.2. The molecule has 1 aromatic rings. The largest absolute Gasteiger partial charge is 0.490 e. The Kier molecular flexibility index (Phi) is 7.55. The number of rotatable bonds is 9. The summed E-state index contributed by atoms with van der Waals surface area (Å²) in [5, 5.41) is 5.68. The van der Waals surface area contributed by atoms with Crippen LogP contribution in [0.1, 0.15) is 66.7 Å². The average Bonchev–Trinajstić information content (AvgIpc) is 2.93. The number of carbonyl (C=O) groups is 3. The summed E-state index contributed by atoms with van der Waals surface area (Å²) in [7, 11) is 0. The molecule has 1 heterocycles. The highest BCUT2D eigenvalue weighted by Gasteiger charge is 2.56. The van der Waals surface area contributed by atoms with Crippen molar-refractivity contribution in [2.45, 2.75) is 72.3 Å². The van der Waals surface area contributed by atoms with Crippen molar-refractivity contribution < 1.29 is 23.9 Å². The topological polar surface area (TPSA) is 97.0 Å². The summed E-state index contributed by atoms with van der Waals surface area (Å²) >= 11 is 0. The van der Waals surface area contributed by atoms with Gasteiger partial charge in [-0.3, -0.25) is 14.5 Å². The molecule has 0 radical (unpaired) electrons. The molecule has 1 aliphatic heterocycles. The summed E-state index contributed by atoms with van der Waals surface area (Å²) in [6.45, 7) is 11.1.